The lowest BCUT2D eigenvalue weighted by molar-refractivity contribution is -0.130. The van der Waals surface area contributed by atoms with Crippen LogP contribution in [0.2, 0.25) is 0 Å². The van der Waals surface area contributed by atoms with Crippen LogP contribution in [0.4, 0.5) is 0 Å². The summed E-state index contributed by atoms with van der Waals surface area (Å²) in [5, 5.41) is 13.0. The molecule has 0 fully saturated rings. The lowest BCUT2D eigenvalue weighted by atomic mass is 10.1. The minimum atomic E-state index is -0.812. The Kier molecular flexibility index (Phi) is 7.34. The summed E-state index contributed by atoms with van der Waals surface area (Å²) in [6.45, 7) is 8.41. The SMILES string of the molecule is CCN(CC)C(=O)CNCC(C)(O)CN(C)C. The molecule has 0 rings (SSSR count). The summed E-state index contributed by atoms with van der Waals surface area (Å²) in [7, 11) is 3.82. The van der Waals surface area contributed by atoms with Gasteiger partial charge in [-0.3, -0.25) is 4.79 Å². The summed E-state index contributed by atoms with van der Waals surface area (Å²) in [5.74, 6) is 0.0793. The normalized spacial score (nSPS) is 14.8. The van der Waals surface area contributed by atoms with E-state index in [1.54, 1.807) is 11.8 Å². The van der Waals surface area contributed by atoms with Crippen LogP contribution < -0.4 is 5.32 Å². The van der Waals surface area contributed by atoms with E-state index in [4.69, 9.17) is 0 Å². The van der Waals surface area contributed by atoms with Crippen LogP contribution in [0.25, 0.3) is 0 Å². The molecule has 0 aliphatic heterocycles. The topological polar surface area (TPSA) is 55.8 Å². The molecule has 102 valence electrons. The van der Waals surface area contributed by atoms with Gasteiger partial charge in [-0.05, 0) is 34.9 Å². The van der Waals surface area contributed by atoms with E-state index >= 15 is 0 Å². The van der Waals surface area contributed by atoms with Gasteiger partial charge in [-0.25, -0.2) is 0 Å². The molecule has 5 nitrogen and oxygen atoms in total. The van der Waals surface area contributed by atoms with Crippen LogP contribution in [0.1, 0.15) is 20.8 Å². The van der Waals surface area contributed by atoms with Crippen molar-refractivity contribution in [2.24, 2.45) is 0 Å². The van der Waals surface area contributed by atoms with Gasteiger partial charge < -0.3 is 20.2 Å². The second-order valence-corrected chi connectivity index (χ2v) is 4.90. The van der Waals surface area contributed by atoms with Crippen molar-refractivity contribution in [2.75, 3.05) is 46.8 Å². The fourth-order valence-electron chi connectivity index (χ4n) is 1.86. The van der Waals surface area contributed by atoms with Gasteiger partial charge in [0.2, 0.25) is 5.91 Å². The number of amides is 1. The maximum absolute atomic E-state index is 11.7. The maximum Gasteiger partial charge on any atom is 0.236 e. The van der Waals surface area contributed by atoms with Crippen LogP contribution in [0.5, 0.6) is 0 Å². The summed E-state index contributed by atoms with van der Waals surface area (Å²) in [4.78, 5) is 15.4. The first-order valence-electron chi connectivity index (χ1n) is 6.18. The average Bonchev–Trinajstić information content (AvgIpc) is 2.16. The second kappa shape index (κ2) is 7.63. The number of nitrogens with one attached hydrogen (secondary N) is 1. The molecule has 5 heteroatoms. The highest BCUT2D eigenvalue weighted by atomic mass is 16.3. The minimum Gasteiger partial charge on any atom is -0.388 e. The number of hydrogen-bond donors (Lipinski definition) is 2. The monoisotopic (exact) mass is 245 g/mol. The Morgan fingerprint density at radius 2 is 1.82 bits per heavy atom. The largest absolute Gasteiger partial charge is 0.388 e. The number of rotatable bonds is 8. The fraction of sp³-hybridized carbons (Fsp3) is 0.917. The lowest BCUT2D eigenvalue weighted by Gasteiger charge is -2.27. The van der Waals surface area contributed by atoms with Gasteiger partial charge in [-0.15, -0.1) is 0 Å². The van der Waals surface area contributed by atoms with E-state index in [-0.39, 0.29) is 12.5 Å². The quantitative estimate of drug-likeness (QED) is 0.619. The Labute approximate surface area is 105 Å². The highest BCUT2D eigenvalue weighted by Crippen LogP contribution is 2.02. The first-order chi connectivity index (χ1) is 7.82. The Balaban J connectivity index is 3.94. The van der Waals surface area contributed by atoms with Crippen LogP contribution >= 0.6 is 0 Å². The predicted octanol–water partition coefficient (Wildman–Crippen LogP) is -0.243. The van der Waals surface area contributed by atoms with E-state index in [1.807, 2.05) is 32.8 Å². The van der Waals surface area contributed by atoms with Crippen molar-refractivity contribution in [1.82, 2.24) is 15.1 Å². The van der Waals surface area contributed by atoms with E-state index in [0.29, 0.717) is 13.1 Å². The molecular weight excluding hydrogens is 218 g/mol. The van der Waals surface area contributed by atoms with Crippen molar-refractivity contribution in [3.63, 3.8) is 0 Å². The van der Waals surface area contributed by atoms with Crippen LogP contribution in [-0.2, 0) is 4.79 Å². The fourth-order valence-corrected chi connectivity index (χ4v) is 1.86. The van der Waals surface area contributed by atoms with Crippen molar-refractivity contribution >= 4 is 5.91 Å². The van der Waals surface area contributed by atoms with E-state index in [2.05, 4.69) is 5.32 Å². The zero-order valence-electron chi connectivity index (χ0n) is 11.8. The molecule has 0 heterocycles. The molecule has 0 aromatic rings. The molecule has 0 bridgehead atoms. The van der Waals surface area contributed by atoms with Crippen molar-refractivity contribution in [3.05, 3.63) is 0 Å². The van der Waals surface area contributed by atoms with Gasteiger partial charge in [-0.2, -0.15) is 0 Å². The third-order valence-corrected chi connectivity index (χ3v) is 2.56. The van der Waals surface area contributed by atoms with Gasteiger partial charge in [0.05, 0.1) is 12.1 Å². The molecule has 0 saturated heterocycles. The molecule has 17 heavy (non-hydrogen) atoms. The molecule has 0 aromatic carbocycles. The molecule has 1 atom stereocenters. The summed E-state index contributed by atoms with van der Waals surface area (Å²) >= 11 is 0. The molecule has 2 N–H and O–H groups in total. The van der Waals surface area contributed by atoms with Crippen LogP contribution in [0.3, 0.4) is 0 Å². The van der Waals surface area contributed by atoms with Crippen molar-refractivity contribution in [3.8, 4) is 0 Å². The lowest BCUT2D eigenvalue weighted by Crippen LogP contribution is -2.48. The van der Waals surface area contributed by atoms with E-state index in [9.17, 15) is 9.90 Å². The number of likely N-dealkylation sites (N-methyl/N-ethyl adjacent to an activating group) is 2. The Bertz CT molecular complexity index is 226. The molecule has 0 saturated carbocycles. The number of carbonyl (C=O) groups excluding carboxylic acids is 1. The van der Waals surface area contributed by atoms with Gasteiger partial charge >= 0.3 is 0 Å². The zero-order chi connectivity index (χ0) is 13.5. The van der Waals surface area contributed by atoms with Crippen LogP contribution in [0.15, 0.2) is 0 Å². The average molecular weight is 245 g/mol. The molecule has 0 aromatic heterocycles. The Morgan fingerprint density at radius 1 is 1.29 bits per heavy atom. The Morgan fingerprint density at radius 3 is 2.24 bits per heavy atom. The first kappa shape index (κ1) is 16.4. The third-order valence-electron chi connectivity index (χ3n) is 2.56. The van der Waals surface area contributed by atoms with Gasteiger partial charge in [0, 0.05) is 26.2 Å². The van der Waals surface area contributed by atoms with Crippen molar-refractivity contribution in [1.29, 1.82) is 0 Å². The van der Waals surface area contributed by atoms with Crippen molar-refractivity contribution < 1.29 is 9.90 Å². The highest BCUT2D eigenvalue weighted by Gasteiger charge is 2.21. The number of hydrogen-bond acceptors (Lipinski definition) is 4. The third kappa shape index (κ3) is 7.31. The Hall–Kier alpha value is -0.650. The smallest absolute Gasteiger partial charge is 0.236 e. The second-order valence-electron chi connectivity index (χ2n) is 4.90. The van der Waals surface area contributed by atoms with Crippen LogP contribution in [-0.4, -0.2) is 73.2 Å². The van der Waals surface area contributed by atoms with Crippen LogP contribution in [0, 0.1) is 0 Å². The highest BCUT2D eigenvalue weighted by molar-refractivity contribution is 5.78. The standard InChI is InChI=1S/C12H27N3O2/c1-6-15(7-2)11(16)8-13-9-12(3,17)10-14(4)5/h13,17H,6-10H2,1-5H3. The molecule has 1 unspecified atom stereocenters. The molecule has 0 radical (unpaired) electrons. The molecular formula is C12H27N3O2. The maximum atomic E-state index is 11.7. The summed E-state index contributed by atoms with van der Waals surface area (Å²) in [6, 6.07) is 0. The van der Waals surface area contributed by atoms with Crippen molar-refractivity contribution in [2.45, 2.75) is 26.4 Å². The number of carbonyl (C=O) groups is 1. The summed E-state index contributed by atoms with van der Waals surface area (Å²) in [6.07, 6.45) is 0. The van der Waals surface area contributed by atoms with E-state index in [0.717, 1.165) is 13.1 Å². The van der Waals surface area contributed by atoms with Gasteiger partial charge in [0.25, 0.3) is 0 Å². The van der Waals surface area contributed by atoms with E-state index in [1.165, 1.54) is 0 Å². The van der Waals surface area contributed by atoms with Gasteiger partial charge in [-0.1, -0.05) is 0 Å². The number of nitrogens with zero attached hydrogens (tertiary/aromatic N) is 2. The molecule has 1 amide bonds. The molecule has 0 spiro atoms. The van der Waals surface area contributed by atoms with Gasteiger partial charge in [0.1, 0.15) is 0 Å². The predicted molar refractivity (Wildman–Crippen MR) is 70.0 cm³/mol. The number of aliphatic hydroxyl groups is 1. The van der Waals surface area contributed by atoms with Gasteiger partial charge in [0.15, 0.2) is 0 Å². The first-order valence-corrected chi connectivity index (χ1v) is 6.18. The zero-order valence-corrected chi connectivity index (χ0v) is 11.8. The minimum absolute atomic E-state index is 0.0793. The van der Waals surface area contributed by atoms with E-state index < -0.39 is 5.60 Å². The summed E-state index contributed by atoms with van der Waals surface area (Å²) < 4.78 is 0. The molecule has 0 aliphatic rings. The molecule has 0 aliphatic carbocycles. The summed E-state index contributed by atoms with van der Waals surface area (Å²) in [5.41, 5.74) is -0.812.